The molecule has 1 aliphatic heterocycles. The fourth-order valence-electron chi connectivity index (χ4n) is 3.38. The van der Waals surface area contributed by atoms with Crippen LogP contribution in [0.1, 0.15) is 36.5 Å². The number of nitrogens with one attached hydrogen (secondary N) is 1. The highest BCUT2D eigenvalue weighted by Crippen LogP contribution is 2.27. The van der Waals surface area contributed by atoms with Crippen LogP contribution in [-0.4, -0.2) is 52.1 Å². The van der Waals surface area contributed by atoms with Gasteiger partial charge in [-0.25, -0.2) is 9.97 Å². The van der Waals surface area contributed by atoms with Crippen LogP contribution in [0.3, 0.4) is 0 Å². The molecule has 1 saturated heterocycles. The van der Waals surface area contributed by atoms with Gasteiger partial charge < -0.3 is 14.8 Å². The van der Waals surface area contributed by atoms with Crippen LogP contribution in [0, 0.1) is 12.8 Å². The Morgan fingerprint density at radius 1 is 1.48 bits per heavy atom. The zero-order chi connectivity index (χ0) is 17.6. The third-order valence-corrected chi connectivity index (χ3v) is 5.88. The molecule has 7 heteroatoms. The number of hydrogen-bond donors (Lipinski definition) is 1. The molecule has 2 unspecified atom stereocenters. The monoisotopic (exact) mass is 360 g/mol. The highest BCUT2D eigenvalue weighted by atomic mass is 32.1. The number of nitrogens with zero attached hydrogens (tertiary/aromatic N) is 5. The standard InChI is InChI=1S/C18H28N6S/c1-14-6-9-23(11-16(14)24-10-8-20-13-24)18(19-3)21-7-4-5-17-22-15(2)12-25-17/h8,10,12-14,16H,4-7,9,11H2,1-3H3,(H,19,21). The van der Waals surface area contributed by atoms with Gasteiger partial charge in [-0.05, 0) is 25.7 Å². The first-order valence-electron chi connectivity index (χ1n) is 9.01. The second-order valence-corrected chi connectivity index (χ2v) is 7.69. The summed E-state index contributed by atoms with van der Waals surface area (Å²) in [6.45, 7) is 7.33. The molecular formula is C18H28N6S. The maximum absolute atomic E-state index is 4.53. The minimum atomic E-state index is 0.452. The predicted molar refractivity (Wildman–Crippen MR) is 103 cm³/mol. The lowest BCUT2D eigenvalue weighted by Crippen LogP contribution is -2.49. The van der Waals surface area contributed by atoms with Crippen molar-refractivity contribution in [3.63, 3.8) is 0 Å². The maximum Gasteiger partial charge on any atom is 0.193 e. The molecule has 0 radical (unpaired) electrons. The number of hydrogen-bond acceptors (Lipinski definition) is 4. The summed E-state index contributed by atoms with van der Waals surface area (Å²) >= 11 is 1.75. The van der Waals surface area contributed by atoms with E-state index in [1.165, 1.54) is 11.4 Å². The first-order valence-corrected chi connectivity index (χ1v) is 9.89. The van der Waals surface area contributed by atoms with Crippen molar-refractivity contribution < 1.29 is 0 Å². The first kappa shape index (κ1) is 17.9. The minimum absolute atomic E-state index is 0.452. The van der Waals surface area contributed by atoms with E-state index in [2.05, 4.69) is 48.2 Å². The number of likely N-dealkylation sites (tertiary alicyclic amines) is 1. The van der Waals surface area contributed by atoms with Crippen LogP contribution in [0.25, 0.3) is 0 Å². The summed E-state index contributed by atoms with van der Waals surface area (Å²) in [5, 5.41) is 6.87. The number of thiazole rings is 1. The van der Waals surface area contributed by atoms with Crippen molar-refractivity contribution in [3.8, 4) is 0 Å². The summed E-state index contributed by atoms with van der Waals surface area (Å²) in [7, 11) is 1.87. The van der Waals surface area contributed by atoms with Crippen molar-refractivity contribution in [2.45, 2.75) is 39.2 Å². The number of aromatic nitrogens is 3. The minimum Gasteiger partial charge on any atom is -0.356 e. The van der Waals surface area contributed by atoms with Crippen molar-refractivity contribution in [2.24, 2.45) is 10.9 Å². The average molecular weight is 361 g/mol. The molecule has 136 valence electrons. The number of aliphatic imine (C=N–C) groups is 1. The van der Waals surface area contributed by atoms with Crippen molar-refractivity contribution in [1.82, 2.24) is 24.8 Å². The number of imidazole rings is 1. The van der Waals surface area contributed by atoms with Crippen LogP contribution in [0.5, 0.6) is 0 Å². The molecule has 2 atom stereocenters. The van der Waals surface area contributed by atoms with Gasteiger partial charge in [-0.2, -0.15) is 0 Å². The molecule has 0 amide bonds. The van der Waals surface area contributed by atoms with Crippen molar-refractivity contribution >= 4 is 17.3 Å². The Kier molecular flexibility index (Phi) is 6.07. The third kappa shape index (κ3) is 4.60. The molecule has 3 heterocycles. The summed E-state index contributed by atoms with van der Waals surface area (Å²) < 4.78 is 2.23. The largest absolute Gasteiger partial charge is 0.356 e. The molecule has 3 rings (SSSR count). The smallest absolute Gasteiger partial charge is 0.193 e. The van der Waals surface area contributed by atoms with Crippen LogP contribution in [-0.2, 0) is 6.42 Å². The molecule has 2 aromatic heterocycles. The SMILES string of the molecule is CN=C(NCCCc1nc(C)cs1)N1CCC(C)C(n2ccnc2)C1. The van der Waals surface area contributed by atoms with E-state index in [1.807, 2.05) is 26.5 Å². The van der Waals surface area contributed by atoms with E-state index in [0.717, 1.165) is 44.1 Å². The first-order chi connectivity index (χ1) is 12.2. The van der Waals surface area contributed by atoms with Crippen LogP contribution < -0.4 is 5.32 Å². The summed E-state index contributed by atoms with van der Waals surface area (Å²) in [5.74, 6) is 1.66. The van der Waals surface area contributed by atoms with E-state index in [0.29, 0.717) is 12.0 Å². The second kappa shape index (κ2) is 8.47. The molecule has 25 heavy (non-hydrogen) atoms. The Morgan fingerprint density at radius 3 is 3.04 bits per heavy atom. The molecule has 0 saturated carbocycles. The van der Waals surface area contributed by atoms with Gasteiger partial charge in [0.15, 0.2) is 5.96 Å². The molecule has 0 aromatic carbocycles. The topological polar surface area (TPSA) is 58.3 Å². The van der Waals surface area contributed by atoms with Gasteiger partial charge in [0.05, 0.1) is 17.4 Å². The average Bonchev–Trinajstić information content (AvgIpc) is 3.28. The molecule has 0 bridgehead atoms. The normalized spacial score (nSPS) is 21.6. The Labute approximate surface area is 154 Å². The van der Waals surface area contributed by atoms with E-state index in [1.54, 1.807) is 11.3 Å². The van der Waals surface area contributed by atoms with Gasteiger partial charge in [-0.15, -0.1) is 11.3 Å². The quantitative estimate of drug-likeness (QED) is 0.506. The third-order valence-electron chi connectivity index (χ3n) is 4.85. The molecular weight excluding hydrogens is 332 g/mol. The zero-order valence-electron chi connectivity index (χ0n) is 15.4. The summed E-state index contributed by atoms with van der Waals surface area (Å²) in [6, 6.07) is 0.452. The summed E-state index contributed by atoms with van der Waals surface area (Å²) in [6.07, 6.45) is 9.12. The number of guanidine groups is 1. The fourth-order valence-corrected chi connectivity index (χ4v) is 4.20. The predicted octanol–water partition coefficient (Wildman–Crippen LogP) is 2.74. The lowest BCUT2D eigenvalue weighted by molar-refractivity contribution is 0.189. The van der Waals surface area contributed by atoms with Gasteiger partial charge in [-0.3, -0.25) is 4.99 Å². The van der Waals surface area contributed by atoms with Gasteiger partial charge in [0, 0.05) is 56.6 Å². The van der Waals surface area contributed by atoms with Crippen molar-refractivity contribution in [1.29, 1.82) is 0 Å². The van der Waals surface area contributed by atoms with E-state index < -0.39 is 0 Å². The van der Waals surface area contributed by atoms with Crippen LogP contribution in [0.4, 0.5) is 0 Å². The lowest BCUT2D eigenvalue weighted by Gasteiger charge is -2.39. The van der Waals surface area contributed by atoms with Crippen LogP contribution in [0.15, 0.2) is 29.1 Å². The van der Waals surface area contributed by atoms with Crippen LogP contribution in [0.2, 0.25) is 0 Å². The molecule has 1 N–H and O–H groups in total. The lowest BCUT2D eigenvalue weighted by atomic mass is 9.93. The van der Waals surface area contributed by atoms with Gasteiger partial charge in [0.25, 0.3) is 0 Å². The van der Waals surface area contributed by atoms with Crippen molar-refractivity contribution in [2.75, 3.05) is 26.7 Å². The van der Waals surface area contributed by atoms with E-state index >= 15 is 0 Å². The number of piperidine rings is 1. The van der Waals surface area contributed by atoms with Gasteiger partial charge >= 0.3 is 0 Å². The highest BCUT2D eigenvalue weighted by Gasteiger charge is 2.28. The maximum atomic E-state index is 4.53. The van der Waals surface area contributed by atoms with Crippen LogP contribution >= 0.6 is 11.3 Å². The van der Waals surface area contributed by atoms with E-state index in [4.69, 9.17) is 0 Å². The number of rotatable bonds is 5. The Morgan fingerprint density at radius 2 is 2.36 bits per heavy atom. The Balaban J connectivity index is 1.50. The molecule has 0 spiro atoms. The molecule has 0 aliphatic carbocycles. The van der Waals surface area contributed by atoms with Gasteiger partial charge in [-0.1, -0.05) is 6.92 Å². The zero-order valence-corrected chi connectivity index (χ0v) is 16.2. The van der Waals surface area contributed by atoms with Gasteiger partial charge in [0.1, 0.15) is 0 Å². The van der Waals surface area contributed by atoms with Crippen molar-refractivity contribution in [3.05, 3.63) is 34.8 Å². The highest BCUT2D eigenvalue weighted by molar-refractivity contribution is 7.09. The summed E-state index contributed by atoms with van der Waals surface area (Å²) in [4.78, 5) is 15.6. The second-order valence-electron chi connectivity index (χ2n) is 6.75. The molecule has 1 fully saturated rings. The summed E-state index contributed by atoms with van der Waals surface area (Å²) in [5.41, 5.74) is 1.12. The van der Waals surface area contributed by atoms with E-state index in [9.17, 15) is 0 Å². The van der Waals surface area contributed by atoms with E-state index in [-0.39, 0.29) is 0 Å². The Bertz CT molecular complexity index is 678. The molecule has 2 aromatic rings. The Hall–Kier alpha value is -1.89. The molecule has 1 aliphatic rings. The fraction of sp³-hybridized carbons (Fsp3) is 0.611. The van der Waals surface area contributed by atoms with Gasteiger partial charge in [0.2, 0.25) is 0 Å². The number of aryl methyl sites for hydroxylation is 2. The molecule has 6 nitrogen and oxygen atoms in total.